The molecular weight excluding hydrogens is 414 g/mol. The van der Waals surface area contributed by atoms with E-state index in [0.29, 0.717) is 28.6 Å². The molecule has 160 valence electrons. The molecule has 0 radical (unpaired) electrons. The average Bonchev–Trinajstić information content (AvgIpc) is 2.81. The first-order valence-corrected chi connectivity index (χ1v) is 10.6. The van der Waals surface area contributed by atoms with Crippen LogP contribution >= 0.6 is 11.8 Å². The number of allylic oxidation sites excluding steroid dienone is 1. The third kappa shape index (κ3) is 5.58. The molecule has 0 aromatic heterocycles. The summed E-state index contributed by atoms with van der Waals surface area (Å²) in [5.74, 6) is 0.378. The number of ether oxygens (including phenoxy) is 2. The Morgan fingerprint density at radius 1 is 1.19 bits per heavy atom. The minimum absolute atomic E-state index is 0.0896. The number of carbonyl (C=O) groups excluding carboxylic acids is 2. The van der Waals surface area contributed by atoms with Crippen LogP contribution in [0.15, 0.2) is 59.1 Å². The molecule has 3 rings (SSSR count). The number of nitriles is 1. The molecule has 0 saturated carbocycles. The van der Waals surface area contributed by atoms with E-state index in [1.165, 1.54) is 7.11 Å². The molecule has 1 heterocycles. The van der Waals surface area contributed by atoms with Crippen molar-refractivity contribution >= 4 is 23.6 Å². The number of thioether (sulfide) groups is 1. The van der Waals surface area contributed by atoms with Gasteiger partial charge in [0.25, 0.3) is 0 Å². The van der Waals surface area contributed by atoms with Gasteiger partial charge in [-0.25, -0.2) is 0 Å². The van der Waals surface area contributed by atoms with Gasteiger partial charge in [0.05, 0.1) is 36.6 Å². The van der Waals surface area contributed by atoms with Crippen molar-refractivity contribution in [3.05, 3.63) is 70.3 Å². The Kier molecular flexibility index (Phi) is 7.57. The monoisotopic (exact) mass is 437 g/mol. The normalized spacial score (nSPS) is 15.6. The predicted molar refractivity (Wildman–Crippen MR) is 118 cm³/mol. The van der Waals surface area contributed by atoms with Gasteiger partial charge in [0.2, 0.25) is 11.8 Å². The largest absolute Gasteiger partial charge is 0.493 e. The molecule has 1 aliphatic heterocycles. The Bertz CT molecular complexity index is 1030. The number of hydrogen-bond donors (Lipinski definition) is 2. The highest BCUT2D eigenvalue weighted by Gasteiger charge is 2.30. The summed E-state index contributed by atoms with van der Waals surface area (Å²) in [5, 5.41) is 15.8. The molecule has 2 N–H and O–H groups in total. The standard InChI is InChI=1S/C23H23N3O4S/c1-29-19-9-8-16(10-20(19)30-2)17-11-21(27)26-23(18(17)12-24)31-14-22(28)25-13-15-6-4-3-5-7-15/h3-10,17H,11,13-14H2,1-2H3,(H,25,28)(H,26,27)/t17-/m0/s1. The number of amides is 2. The molecule has 0 bridgehead atoms. The first-order chi connectivity index (χ1) is 15.0. The third-order valence-electron chi connectivity index (χ3n) is 4.85. The number of methoxy groups -OCH3 is 2. The maximum Gasteiger partial charge on any atom is 0.230 e. The van der Waals surface area contributed by atoms with Crippen molar-refractivity contribution in [1.29, 1.82) is 5.26 Å². The number of nitrogens with one attached hydrogen (secondary N) is 2. The van der Waals surface area contributed by atoms with Gasteiger partial charge in [0.15, 0.2) is 11.5 Å². The van der Waals surface area contributed by atoms with Gasteiger partial charge in [0, 0.05) is 18.9 Å². The van der Waals surface area contributed by atoms with Crippen molar-refractivity contribution in [2.45, 2.75) is 18.9 Å². The zero-order valence-corrected chi connectivity index (χ0v) is 18.1. The van der Waals surface area contributed by atoms with E-state index in [0.717, 1.165) is 22.9 Å². The number of benzene rings is 2. The van der Waals surface area contributed by atoms with Gasteiger partial charge >= 0.3 is 0 Å². The Morgan fingerprint density at radius 3 is 2.61 bits per heavy atom. The van der Waals surface area contributed by atoms with Crippen LogP contribution < -0.4 is 20.1 Å². The third-order valence-corrected chi connectivity index (χ3v) is 5.86. The van der Waals surface area contributed by atoms with Crippen molar-refractivity contribution in [2.75, 3.05) is 20.0 Å². The fraction of sp³-hybridized carbons (Fsp3) is 0.261. The molecule has 1 atom stereocenters. The molecule has 0 spiro atoms. The molecule has 2 aromatic carbocycles. The number of hydrogen-bond acceptors (Lipinski definition) is 6. The summed E-state index contributed by atoms with van der Waals surface area (Å²) >= 11 is 1.15. The Hall–Kier alpha value is -3.44. The van der Waals surface area contributed by atoms with Crippen LogP contribution in [-0.4, -0.2) is 31.8 Å². The van der Waals surface area contributed by atoms with Gasteiger partial charge < -0.3 is 20.1 Å². The van der Waals surface area contributed by atoms with Crippen molar-refractivity contribution in [3.63, 3.8) is 0 Å². The lowest BCUT2D eigenvalue weighted by molar-refractivity contribution is -0.121. The van der Waals surface area contributed by atoms with E-state index >= 15 is 0 Å². The summed E-state index contributed by atoms with van der Waals surface area (Å²) in [6.45, 7) is 0.422. The minimum Gasteiger partial charge on any atom is -0.493 e. The van der Waals surface area contributed by atoms with Crippen molar-refractivity contribution in [2.24, 2.45) is 0 Å². The summed E-state index contributed by atoms with van der Waals surface area (Å²) in [6, 6.07) is 17.1. The molecule has 31 heavy (non-hydrogen) atoms. The molecule has 0 aliphatic carbocycles. The lowest BCUT2D eigenvalue weighted by Gasteiger charge is -2.25. The van der Waals surface area contributed by atoms with E-state index < -0.39 is 5.92 Å². The Balaban J connectivity index is 1.74. The SMILES string of the molecule is COc1ccc([C@@H]2CC(=O)NC(SCC(=O)NCc3ccccc3)=C2C#N)cc1OC. The van der Waals surface area contributed by atoms with Crippen LogP contribution in [0.2, 0.25) is 0 Å². The lowest BCUT2D eigenvalue weighted by atomic mass is 9.87. The average molecular weight is 438 g/mol. The van der Waals surface area contributed by atoms with Gasteiger partial charge in [-0.15, -0.1) is 0 Å². The smallest absolute Gasteiger partial charge is 0.230 e. The van der Waals surface area contributed by atoms with E-state index in [1.807, 2.05) is 36.4 Å². The van der Waals surface area contributed by atoms with Crippen LogP contribution in [0, 0.1) is 11.3 Å². The second-order valence-electron chi connectivity index (χ2n) is 6.82. The second-order valence-corrected chi connectivity index (χ2v) is 7.81. The zero-order valence-electron chi connectivity index (χ0n) is 17.3. The molecule has 2 amide bonds. The summed E-state index contributed by atoms with van der Waals surface area (Å²) in [7, 11) is 3.08. The van der Waals surface area contributed by atoms with E-state index in [4.69, 9.17) is 9.47 Å². The summed E-state index contributed by atoms with van der Waals surface area (Å²) < 4.78 is 10.6. The predicted octanol–water partition coefficient (Wildman–Crippen LogP) is 3.09. The van der Waals surface area contributed by atoms with Gasteiger partial charge in [-0.1, -0.05) is 48.2 Å². The molecule has 1 aliphatic rings. The maximum absolute atomic E-state index is 12.3. The number of carbonyl (C=O) groups is 2. The van der Waals surface area contributed by atoms with Gasteiger partial charge in [-0.2, -0.15) is 5.26 Å². The molecule has 7 nitrogen and oxygen atoms in total. The Morgan fingerprint density at radius 2 is 1.94 bits per heavy atom. The Labute approximate surface area is 185 Å². The molecule has 2 aromatic rings. The highest BCUT2D eigenvalue weighted by molar-refractivity contribution is 8.03. The lowest BCUT2D eigenvalue weighted by Crippen LogP contribution is -2.32. The number of nitrogens with zero attached hydrogens (tertiary/aromatic N) is 1. The fourth-order valence-corrected chi connectivity index (χ4v) is 4.18. The van der Waals surface area contributed by atoms with Crippen LogP contribution in [0.1, 0.15) is 23.5 Å². The van der Waals surface area contributed by atoms with E-state index in [-0.39, 0.29) is 24.0 Å². The van der Waals surface area contributed by atoms with Crippen LogP contribution in [0.5, 0.6) is 11.5 Å². The van der Waals surface area contributed by atoms with Crippen molar-refractivity contribution < 1.29 is 19.1 Å². The van der Waals surface area contributed by atoms with E-state index in [1.54, 1.807) is 19.2 Å². The van der Waals surface area contributed by atoms with Gasteiger partial charge in [-0.3, -0.25) is 9.59 Å². The van der Waals surface area contributed by atoms with E-state index in [2.05, 4.69) is 16.7 Å². The second kappa shape index (κ2) is 10.5. The highest BCUT2D eigenvalue weighted by Crippen LogP contribution is 2.39. The molecule has 0 unspecified atom stereocenters. The molecule has 8 heteroatoms. The molecular formula is C23H23N3O4S. The quantitative estimate of drug-likeness (QED) is 0.658. The highest BCUT2D eigenvalue weighted by atomic mass is 32.2. The van der Waals surface area contributed by atoms with Crippen LogP contribution in [0.4, 0.5) is 0 Å². The summed E-state index contributed by atoms with van der Waals surface area (Å²) in [4.78, 5) is 24.6. The van der Waals surface area contributed by atoms with Gasteiger partial charge in [-0.05, 0) is 23.3 Å². The maximum atomic E-state index is 12.3. The van der Waals surface area contributed by atoms with Crippen LogP contribution in [-0.2, 0) is 16.1 Å². The van der Waals surface area contributed by atoms with Crippen LogP contribution in [0.25, 0.3) is 0 Å². The fourth-order valence-electron chi connectivity index (χ4n) is 3.27. The van der Waals surface area contributed by atoms with Crippen LogP contribution in [0.3, 0.4) is 0 Å². The van der Waals surface area contributed by atoms with E-state index in [9.17, 15) is 14.9 Å². The first kappa shape index (κ1) is 22.2. The van der Waals surface area contributed by atoms with Crippen molar-refractivity contribution in [3.8, 4) is 17.6 Å². The molecule has 0 fully saturated rings. The van der Waals surface area contributed by atoms with Crippen molar-refractivity contribution in [1.82, 2.24) is 10.6 Å². The summed E-state index contributed by atoms with van der Waals surface area (Å²) in [5.41, 5.74) is 2.20. The number of rotatable bonds is 8. The first-order valence-electron chi connectivity index (χ1n) is 9.65. The molecule has 0 saturated heterocycles. The summed E-state index contributed by atoms with van der Waals surface area (Å²) in [6.07, 6.45) is 0.142. The zero-order chi connectivity index (χ0) is 22.2. The topological polar surface area (TPSA) is 100 Å². The van der Waals surface area contributed by atoms with Gasteiger partial charge in [0.1, 0.15) is 0 Å². The minimum atomic E-state index is -0.423.